The van der Waals surface area contributed by atoms with Gasteiger partial charge in [-0.1, -0.05) is 0 Å². The largest absolute Gasteiger partial charge is 0.506 e. The Morgan fingerprint density at radius 1 is 1.40 bits per heavy atom. The number of aromatic nitrogens is 1. The van der Waals surface area contributed by atoms with Gasteiger partial charge in [-0.25, -0.2) is 4.79 Å². The highest BCUT2D eigenvalue weighted by Crippen LogP contribution is 2.16. The van der Waals surface area contributed by atoms with Crippen molar-refractivity contribution in [2.45, 2.75) is 39.7 Å². The first-order valence-corrected chi connectivity index (χ1v) is 6.35. The average molecular weight is 280 g/mol. The molecule has 1 rings (SSSR count). The van der Waals surface area contributed by atoms with E-state index in [9.17, 15) is 14.7 Å². The molecule has 2 N–H and O–H groups in total. The van der Waals surface area contributed by atoms with Gasteiger partial charge in [-0.3, -0.25) is 9.78 Å². The van der Waals surface area contributed by atoms with E-state index >= 15 is 0 Å². The van der Waals surface area contributed by atoms with Gasteiger partial charge in [-0.05, 0) is 33.8 Å². The van der Waals surface area contributed by atoms with Crippen molar-refractivity contribution in [3.05, 3.63) is 23.5 Å². The maximum Gasteiger partial charge on any atom is 0.407 e. The number of pyridine rings is 1. The number of nitrogens with one attached hydrogen (secondary N) is 1. The lowest BCUT2D eigenvalue weighted by Crippen LogP contribution is -2.33. The molecule has 0 aromatic carbocycles. The molecule has 0 radical (unpaired) electrons. The van der Waals surface area contributed by atoms with Crippen molar-refractivity contribution in [3.8, 4) is 5.75 Å². The number of amides is 1. The van der Waals surface area contributed by atoms with Gasteiger partial charge in [0, 0.05) is 18.7 Å². The first-order chi connectivity index (χ1) is 9.19. The monoisotopic (exact) mass is 280 g/mol. The minimum atomic E-state index is -0.539. The van der Waals surface area contributed by atoms with E-state index in [1.54, 1.807) is 20.8 Å². The van der Waals surface area contributed by atoms with E-state index in [-0.39, 0.29) is 17.1 Å². The fourth-order valence-corrected chi connectivity index (χ4v) is 1.52. The quantitative estimate of drug-likeness (QED) is 0.824. The Morgan fingerprint density at radius 3 is 2.60 bits per heavy atom. The smallest absolute Gasteiger partial charge is 0.407 e. The van der Waals surface area contributed by atoms with Gasteiger partial charge in [-0.2, -0.15) is 0 Å². The highest BCUT2D eigenvalue weighted by molar-refractivity contribution is 5.96. The number of ether oxygens (including phenoxy) is 1. The molecule has 1 aromatic heterocycles. The van der Waals surface area contributed by atoms with Crippen LogP contribution in [0.25, 0.3) is 0 Å². The predicted molar refractivity (Wildman–Crippen MR) is 73.8 cm³/mol. The summed E-state index contributed by atoms with van der Waals surface area (Å²) in [5.41, 5.74) is 0.305. The second-order valence-corrected chi connectivity index (χ2v) is 5.43. The number of rotatable bonds is 4. The molecule has 0 fully saturated rings. The summed E-state index contributed by atoms with van der Waals surface area (Å²) in [5, 5.41) is 12.1. The van der Waals surface area contributed by atoms with Gasteiger partial charge in [0.25, 0.3) is 0 Å². The third kappa shape index (κ3) is 5.26. The number of carbonyl (C=O) groups is 2. The van der Waals surface area contributed by atoms with Crippen molar-refractivity contribution in [1.82, 2.24) is 10.3 Å². The molecule has 110 valence electrons. The van der Waals surface area contributed by atoms with Crippen LogP contribution >= 0.6 is 0 Å². The van der Waals surface area contributed by atoms with E-state index in [1.807, 2.05) is 0 Å². The minimum absolute atomic E-state index is 0.138. The molecular formula is C14H20N2O4. The zero-order chi connectivity index (χ0) is 15.3. The van der Waals surface area contributed by atoms with Crippen LogP contribution in [0.3, 0.4) is 0 Å². The summed E-state index contributed by atoms with van der Waals surface area (Å²) in [5.74, 6) is -0.368. The van der Waals surface area contributed by atoms with E-state index in [0.29, 0.717) is 18.7 Å². The molecule has 20 heavy (non-hydrogen) atoms. The highest BCUT2D eigenvalue weighted by Gasteiger charge is 2.15. The summed E-state index contributed by atoms with van der Waals surface area (Å²) >= 11 is 0. The number of Topliss-reactive ketones (excluding diaryl/α,β-unsaturated/α-hetero) is 1. The number of hydrogen-bond acceptors (Lipinski definition) is 5. The van der Waals surface area contributed by atoms with Gasteiger partial charge in [0.05, 0.1) is 11.8 Å². The van der Waals surface area contributed by atoms with Gasteiger partial charge in [-0.15, -0.1) is 0 Å². The van der Waals surface area contributed by atoms with Crippen LogP contribution < -0.4 is 5.32 Å². The van der Waals surface area contributed by atoms with Gasteiger partial charge in [0.2, 0.25) is 0 Å². The summed E-state index contributed by atoms with van der Waals surface area (Å²) in [6, 6.07) is 1.52. The molecule has 0 spiro atoms. The van der Waals surface area contributed by atoms with Crippen molar-refractivity contribution in [3.63, 3.8) is 0 Å². The molecule has 0 atom stereocenters. The maximum atomic E-state index is 11.4. The molecule has 1 amide bonds. The molecule has 0 aliphatic heterocycles. The number of nitrogens with zero attached hydrogens (tertiary/aromatic N) is 1. The van der Waals surface area contributed by atoms with Crippen LogP contribution in [-0.4, -0.2) is 34.1 Å². The van der Waals surface area contributed by atoms with Crippen molar-refractivity contribution in [2.24, 2.45) is 0 Å². The second kappa shape index (κ2) is 6.36. The van der Waals surface area contributed by atoms with E-state index in [1.165, 1.54) is 19.2 Å². The van der Waals surface area contributed by atoms with Crippen molar-refractivity contribution < 1.29 is 19.4 Å². The third-order valence-electron chi connectivity index (χ3n) is 2.37. The normalized spacial score (nSPS) is 11.0. The molecule has 0 unspecified atom stereocenters. The first-order valence-electron chi connectivity index (χ1n) is 6.35. The average Bonchev–Trinajstić information content (AvgIpc) is 2.28. The first kappa shape index (κ1) is 15.9. The Labute approximate surface area is 118 Å². The Kier molecular flexibility index (Phi) is 5.07. The van der Waals surface area contributed by atoms with Gasteiger partial charge < -0.3 is 15.2 Å². The van der Waals surface area contributed by atoms with E-state index in [4.69, 9.17) is 4.74 Å². The Hall–Kier alpha value is -2.11. The SMILES string of the molecule is CC(=O)c1cc(CCNC(=O)OC(C)(C)C)ncc1O. The molecule has 0 saturated carbocycles. The van der Waals surface area contributed by atoms with Gasteiger partial charge in [0.1, 0.15) is 11.4 Å². The lowest BCUT2D eigenvalue weighted by atomic mass is 10.1. The third-order valence-corrected chi connectivity index (χ3v) is 2.37. The molecule has 0 saturated heterocycles. The second-order valence-electron chi connectivity index (χ2n) is 5.43. The van der Waals surface area contributed by atoms with Crippen molar-refractivity contribution >= 4 is 11.9 Å². The van der Waals surface area contributed by atoms with E-state index < -0.39 is 11.7 Å². The summed E-state index contributed by atoms with van der Waals surface area (Å²) in [6.07, 6.45) is 1.18. The maximum absolute atomic E-state index is 11.4. The van der Waals surface area contributed by atoms with Crippen LogP contribution in [0.5, 0.6) is 5.75 Å². The fraction of sp³-hybridized carbons (Fsp3) is 0.500. The van der Waals surface area contributed by atoms with Gasteiger partial charge >= 0.3 is 6.09 Å². The van der Waals surface area contributed by atoms with Crippen molar-refractivity contribution in [2.75, 3.05) is 6.54 Å². The number of aromatic hydroxyl groups is 1. The van der Waals surface area contributed by atoms with E-state index in [0.717, 1.165) is 0 Å². The number of carbonyl (C=O) groups excluding carboxylic acids is 2. The summed E-state index contributed by atoms with van der Waals surface area (Å²) in [6.45, 7) is 7.07. The fourth-order valence-electron chi connectivity index (χ4n) is 1.52. The topological polar surface area (TPSA) is 88.5 Å². The molecule has 6 nitrogen and oxygen atoms in total. The van der Waals surface area contributed by atoms with Crippen LogP contribution in [0.4, 0.5) is 4.79 Å². The number of hydrogen-bond donors (Lipinski definition) is 2. The highest BCUT2D eigenvalue weighted by atomic mass is 16.6. The molecular weight excluding hydrogens is 260 g/mol. The van der Waals surface area contributed by atoms with Crippen LogP contribution in [0.15, 0.2) is 12.3 Å². The summed E-state index contributed by atoms with van der Waals surface area (Å²) in [4.78, 5) is 26.7. The molecule has 0 bridgehead atoms. The lowest BCUT2D eigenvalue weighted by molar-refractivity contribution is 0.0528. The Morgan fingerprint density at radius 2 is 2.05 bits per heavy atom. The van der Waals surface area contributed by atoms with E-state index in [2.05, 4.69) is 10.3 Å². The minimum Gasteiger partial charge on any atom is -0.506 e. The Balaban J connectivity index is 2.53. The standard InChI is InChI=1S/C14H20N2O4/c1-9(17)11-7-10(16-8-12(11)18)5-6-15-13(19)20-14(2,3)4/h7-8,18H,5-6H2,1-4H3,(H,15,19). The molecule has 1 aromatic rings. The van der Waals surface area contributed by atoms with Crippen LogP contribution in [0, 0.1) is 0 Å². The van der Waals surface area contributed by atoms with Crippen LogP contribution in [0.1, 0.15) is 43.7 Å². The van der Waals surface area contributed by atoms with Crippen LogP contribution in [0.2, 0.25) is 0 Å². The summed E-state index contributed by atoms with van der Waals surface area (Å²) in [7, 11) is 0. The van der Waals surface area contributed by atoms with Gasteiger partial charge in [0.15, 0.2) is 5.78 Å². The van der Waals surface area contributed by atoms with Crippen LogP contribution in [-0.2, 0) is 11.2 Å². The molecule has 0 aliphatic rings. The predicted octanol–water partition coefficient (Wildman–Crippen LogP) is 2.06. The number of alkyl carbamates (subject to hydrolysis) is 1. The zero-order valence-corrected chi connectivity index (χ0v) is 12.2. The molecule has 1 heterocycles. The number of ketones is 1. The Bertz CT molecular complexity index is 506. The van der Waals surface area contributed by atoms with Crippen molar-refractivity contribution in [1.29, 1.82) is 0 Å². The molecule has 6 heteroatoms. The summed E-state index contributed by atoms with van der Waals surface area (Å²) < 4.78 is 5.09. The molecule has 0 aliphatic carbocycles. The lowest BCUT2D eigenvalue weighted by Gasteiger charge is -2.19. The zero-order valence-electron chi connectivity index (χ0n) is 12.2.